The average Bonchev–Trinajstić information content (AvgIpc) is 2.77. The molecule has 32 heavy (non-hydrogen) atoms. The Morgan fingerprint density at radius 1 is 1.12 bits per heavy atom. The fraction of sp³-hybridized carbons (Fsp3) is 0.211. The second kappa shape index (κ2) is 10.2. The second-order valence-corrected chi connectivity index (χ2v) is 6.18. The third kappa shape index (κ3) is 5.71. The molecule has 2 aromatic carbocycles. The van der Waals surface area contributed by atoms with Gasteiger partial charge in [0.25, 0.3) is 11.6 Å². The molecule has 2 aromatic rings. The van der Waals surface area contributed by atoms with Crippen LogP contribution in [0.3, 0.4) is 0 Å². The number of ether oxygens (including phenoxy) is 2. The first-order valence-electron chi connectivity index (χ1n) is 8.79. The number of carbonyl (C=O) groups is 3. The second-order valence-electron chi connectivity index (χ2n) is 6.18. The summed E-state index contributed by atoms with van der Waals surface area (Å²) in [5, 5.41) is 14.9. The number of nitro benzene ring substituents is 1. The highest BCUT2D eigenvalue weighted by Crippen LogP contribution is 2.25. The highest BCUT2D eigenvalue weighted by atomic mass is 19.2. The molecular weight excluding hydrogens is 439 g/mol. The fourth-order valence-electron chi connectivity index (χ4n) is 2.37. The van der Waals surface area contributed by atoms with Crippen molar-refractivity contribution in [3.8, 4) is 5.75 Å². The number of benzene rings is 2. The summed E-state index contributed by atoms with van der Waals surface area (Å²) in [5.74, 6) is -7.85. The Bertz CT molecular complexity index is 1080. The predicted molar refractivity (Wildman–Crippen MR) is 102 cm³/mol. The molecule has 0 saturated heterocycles. The molecule has 2 rings (SSSR count). The third-order valence-corrected chi connectivity index (χ3v) is 4.00. The molecule has 0 fully saturated rings. The average molecular weight is 455 g/mol. The first-order chi connectivity index (χ1) is 15.0. The van der Waals surface area contributed by atoms with Crippen molar-refractivity contribution in [3.63, 3.8) is 0 Å². The van der Waals surface area contributed by atoms with Crippen LogP contribution in [-0.2, 0) is 14.3 Å². The van der Waals surface area contributed by atoms with E-state index in [-0.39, 0.29) is 11.3 Å². The number of methoxy groups -OCH3 is 1. The zero-order valence-electron chi connectivity index (χ0n) is 16.6. The van der Waals surface area contributed by atoms with Gasteiger partial charge in [0.15, 0.2) is 23.6 Å². The number of halogens is 3. The minimum Gasteiger partial charge on any atom is -0.496 e. The lowest BCUT2D eigenvalue weighted by atomic mass is 10.1. The molecule has 10 nitrogen and oxygen atoms in total. The van der Waals surface area contributed by atoms with E-state index in [9.17, 15) is 37.7 Å². The van der Waals surface area contributed by atoms with Gasteiger partial charge in [-0.05, 0) is 25.1 Å². The highest BCUT2D eigenvalue weighted by molar-refractivity contribution is 5.97. The van der Waals surface area contributed by atoms with Gasteiger partial charge in [-0.2, -0.15) is 0 Å². The van der Waals surface area contributed by atoms with Gasteiger partial charge in [0.05, 0.1) is 24.3 Å². The zero-order chi connectivity index (χ0) is 24.0. The van der Waals surface area contributed by atoms with Crippen LogP contribution < -0.4 is 15.4 Å². The van der Waals surface area contributed by atoms with E-state index in [0.717, 1.165) is 18.2 Å². The number of nitrogens with zero attached hydrogens (tertiary/aromatic N) is 1. The molecule has 170 valence electrons. The first-order valence-corrected chi connectivity index (χ1v) is 8.79. The Balaban J connectivity index is 1.96. The largest absolute Gasteiger partial charge is 0.496 e. The van der Waals surface area contributed by atoms with E-state index in [0.29, 0.717) is 6.07 Å². The third-order valence-electron chi connectivity index (χ3n) is 4.00. The van der Waals surface area contributed by atoms with E-state index in [1.807, 2.05) is 5.32 Å². The molecule has 0 radical (unpaired) electrons. The van der Waals surface area contributed by atoms with Gasteiger partial charge < -0.3 is 20.1 Å². The van der Waals surface area contributed by atoms with Gasteiger partial charge in [-0.25, -0.2) is 18.0 Å². The van der Waals surface area contributed by atoms with Crippen molar-refractivity contribution in [2.24, 2.45) is 0 Å². The van der Waals surface area contributed by atoms with Gasteiger partial charge in [-0.3, -0.25) is 19.7 Å². The minimum atomic E-state index is -1.77. The van der Waals surface area contributed by atoms with Crippen LogP contribution in [0, 0.1) is 27.6 Å². The Hall–Kier alpha value is -4.16. The van der Waals surface area contributed by atoms with Gasteiger partial charge >= 0.3 is 5.97 Å². The SMILES string of the molecule is COc1ccc([N+](=O)[O-])cc1C(=O)OC(C)C(=O)NCC(=O)Nc1ccc(F)c(F)c1F. The minimum absolute atomic E-state index is 0.0267. The number of non-ortho nitro benzene ring substituents is 1. The molecule has 0 aromatic heterocycles. The number of rotatable bonds is 8. The van der Waals surface area contributed by atoms with Crippen molar-refractivity contribution >= 4 is 29.2 Å². The molecule has 2 amide bonds. The van der Waals surface area contributed by atoms with Gasteiger partial charge in [0.1, 0.15) is 11.3 Å². The lowest BCUT2D eigenvalue weighted by Crippen LogP contribution is -2.40. The number of anilines is 1. The molecule has 0 saturated carbocycles. The topological polar surface area (TPSA) is 137 Å². The number of hydrogen-bond acceptors (Lipinski definition) is 7. The summed E-state index contributed by atoms with van der Waals surface area (Å²) in [6.07, 6.45) is -1.43. The Labute approximate surface area is 178 Å². The van der Waals surface area contributed by atoms with Crippen molar-refractivity contribution in [2.75, 3.05) is 19.0 Å². The summed E-state index contributed by atoms with van der Waals surface area (Å²) in [4.78, 5) is 46.3. The predicted octanol–water partition coefficient (Wildman–Crippen LogP) is 2.32. The normalized spacial score (nSPS) is 11.3. The molecule has 0 aliphatic rings. The van der Waals surface area contributed by atoms with E-state index in [1.54, 1.807) is 0 Å². The van der Waals surface area contributed by atoms with Crippen LogP contribution in [0.5, 0.6) is 5.75 Å². The smallest absolute Gasteiger partial charge is 0.342 e. The molecule has 0 aliphatic heterocycles. The van der Waals surface area contributed by atoms with Gasteiger partial charge in [0, 0.05) is 12.1 Å². The molecular formula is C19H16F3N3O7. The van der Waals surface area contributed by atoms with E-state index < -0.39 is 64.2 Å². The van der Waals surface area contributed by atoms with Gasteiger partial charge in [-0.1, -0.05) is 0 Å². The molecule has 0 spiro atoms. The van der Waals surface area contributed by atoms with Crippen molar-refractivity contribution in [1.29, 1.82) is 0 Å². The van der Waals surface area contributed by atoms with Crippen molar-refractivity contribution in [2.45, 2.75) is 13.0 Å². The molecule has 0 bridgehead atoms. The van der Waals surface area contributed by atoms with Crippen LogP contribution in [0.1, 0.15) is 17.3 Å². The van der Waals surface area contributed by atoms with Crippen molar-refractivity contribution in [1.82, 2.24) is 5.32 Å². The molecule has 1 atom stereocenters. The summed E-state index contributed by atoms with van der Waals surface area (Å²) in [5.41, 5.74) is -1.34. The number of esters is 1. The van der Waals surface area contributed by atoms with Gasteiger partial charge in [0.2, 0.25) is 5.91 Å². The lowest BCUT2D eigenvalue weighted by molar-refractivity contribution is -0.384. The van der Waals surface area contributed by atoms with Crippen molar-refractivity contribution < 1.29 is 42.0 Å². The maximum atomic E-state index is 13.6. The van der Waals surface area contributed by atoms with Crippen LogP contribution in [0.15, 0.2) is 30.3 Å². The number of nitrogens with one attached hydrogen (secondary N) is 2. The zero-order valence-corrected chi connectivity index (χ0v) is 16.6. The van der Waals surface area contributed by atoms with Crippen LogP contribution in [0.25, 0.3) is 0 Å². The Kier molecular flexibility index (Phi) is 7.71. The molecule has 0 heterocycles. The highest BCUT2D eigenvalue weighted by Gasteiger charge is 2.24. The van der Waals surface area contributed by atoms with Crippen LogP contribution in [0.2, 0.25) is 0 Å². The summed E-state index contributed by atoms with van der Waals surface area (Å²) in [6, 6.07) is 4.61. The molecule has 1 unspecified atom stereocenters. The number of nitro groups is 1. The van der Waals surface area contributed by atoms with E-state index in [2.05, 4.69) is 5.32 Å². The quantitative estimate of drug-likeness (QED) is 0.270. The number of amides is 2. The van der Waals surface area contributed by atoms with Crippen molar-refractivity contribution in [3.05, 3.63) is 63.5 Å². The first kappa shape index (κ1) is 24.1. The molecule has 0 aliphatic carbocycles. The van der Waals surface area contributed by atoms with E-state index in [4.69, 9.17) is 9.47 Å². The maximum absolute atomic E-state index is 13.6. The molecule has 13 heteroatoms. The summed E-state index contributed by atoms with van der Waals surface area (Å²) in [7, 11) is 1.22. The number of carbonyl (C=O) groups excluding carboxylic acids is 3. The van der Waals surface area contributed by atoms with Crippen LogP contribution in [-0.4, -0.2) is 42.5 Å². The number of hydrogen-bond donors (Lipinski definition) is 2. The Morgan fingerprint density at radius 2 is 1.81 bits per heavy atom. The Morgan fingerprint density at radius 3 is 2.44 bits per heavy atom. The molecule has 2 N–H and O–H groups in total. The standard InChI is InChI=1S/C19H16F3N3O7/c1-9(32-19(28)11-7-10(25(29)30)3-6-14(11)31-2)18(27)23-8-15(26)24-13-5-4-12(20)16(21)17(13)22/h3-7,9H,8H2,1-2H3,(H,23,27)(H,24,26). The lowest BCUT2D eigenvalue weighted by Gasteiger charge is -2.15. The van der Waals surface area contributed by atoms with Gasteiger partial charge in [-0.15, -0.1) is 0 Å². The van der Waals surface area contributed by atoms with E-state index >= 15 is 0 Å². The van der Waals surface area contributed by atoms with Crippen LogP contribution in [0.4, 0.5) is 24.5 Å². The van der Waals surface area contributed by atoms with Crippen LogP contribution >= 0.6 is 0 Å². The summed E-state index contributed by atoms with van der Waals surface area (Å²) < 4.78 is 49.5. The summed E-state index contributed by atoms with van der Waals surface area (Å²) >= 11 is 0. The monoisotopic (exact) mass is 455 g/mol. The summed E-state index contributed by atoms with van der Waals surface area (Å²) in [6.45, 7) is 0.462. The maximum Gasteiger partial charge on any atom is 0.342 e. The van der Waals surface area contributed by atoms with E-state index in [1.165, 1.54) is 20.1 Å². The fourth-order valence-corrected chi connectivity index (χ4v) is 2.37.